The number of piperidine rings is 1. The number of thiazole rings is 1. The second kappa shape index (κ2) is 10.9. The predicted molar refractivity (Wildman–Crippen MR) is 127 cm³/mol. The quantitative estimate of drug-likeness (QED) is 0.469. The standard InChI is InChI=1S/C24H29N3O2S2/c1-26(16-23-25-9-12-31-23)14-19-4-6-22(7-5-19)29-17-21-3-2-10-27(15-21)24(28)13-20-8-11-30-18-20/h4-9,11-12,18,21H,2-3,10,13-17H2,1H3/t21-/m0/s1. The molecule has 1 amide bonds. The third-order valence-electron chi connectivity index (χ3n) is 5.56. The van der Waals surface area contributed by atoms with Crippen molar-refractivity contribution < 1.29 is 9.53 Å². The fourth-order valence-corrected chi connectivity index (χ4v) is 5.31. The van der Waals surface area contributed by atoms with Crippen LogP contribution < -0.4 is 4.74 Å². The van der Waals surface area contributed by atoms with Crippen LogP contribution in [0.15, 0.2) is 52.7 Å². The molecular formula is C24H29N3O2S2. The number of hydrogen-bond acceptors (Lipinski definition) is 6. The van der Waals surface area contributed by atoms with E-state index in [1.165, 1.54) is 5.56 Å². The Hall–Kier alpha value is -2.22. The van der Waals surface area contributed by atoms with Crippen molar-refractivity contribution in [3.8, 4) is 5.75 Å². The molecule has 1 atom stereocenters. The first-order valence-electron chi connectivity index (χ1n) is 10.7. The van der Waals surface area contributed by atoms with Crippen LogP contribution in [0.1, 0.15) is 29.0 Å². The minimum atomic E-state index is 0.231. The fourth-order valence-electron chi connectivity index (χ4n) is 3.94. The molecule has 0 radical (unpaired) electrons. The first-order chi connectivity index (χ1) is 15.2. The van der Waals surface area contributed by atoms with Gasteiger partial charge in [-0.2, -0.15) is 11.3 Å². The van der Waals surface area contributed by atoms with Gasteiger partial charge in [0.1, 0.15) is 10.8 Å². The molecule has 1 fully saturated rings. The average molecular weight is 456 g/mol. The van der Waals surface area contributed by atoms with Gasteiger partial charge in [-0.25, -0.2) is 4.98 Å². The van der Waals surface area contributed by atoms with E-state index in [0.717, 1.165) is 55.3 Å². The lowest BCUT2D eigenvalue weighted by atomic mass is 9.98. The number of likely N-dealkylation sites (tertiary alicyclic amines) is 1. The SMILES string of the molecule is CN(Cc1ccc(OC[C@H]2CCCN(C(=O)Cc3ccsc3)C2)cc1)Cc1nccs1. The first-order valence-corrected chi connectivity index (χ1v) is 12.6. The van der Waals surface area contributed by atoms with Crippen LogP contribution in [0.3, 0.4) is 0 Å². The zero-order chi connectivity index (χ0) is 21.5. The van der Waals surface area contributed by atoms with Gasteiger partial charge in [0.15, 0.2) is 0 Å². The lowest BCUT2D eigenvalue weighted by molar-refractivity contribution is -0.132. The Morgan fingerprint density at radius 3 is 2.81 bits per heavy atom. The summed E-state index contributed by atoms with van der Waals surface area (Å²) in [6.45, 7) is 4.06. The number of nitrogens with zero attached hydrogens (tertiary/aromatic N) is 3. The van der Waals surface area contributed by atoms with E-state index in [-0.39, 0.29) is 5.91 Å². The lowest BCUT2D eigenvalue weighted by Crippen LogP contribution is -2.42. The molecule has 1 aliphatic heterocycles. The van der Waals surface area contributed by atoms with Crippen LogP contribution in [0, 0.1) is 5.92 Å². The predicted octanol–water partition coefficient (Wildman–Crippen LogP) is 4.70. The van der Waals surface area contributed by atoms with Crippen molar-refractivity contribution in [1.29, 1.82) is 0 Å². The summed E-state index contributed by atoms with van der Waals surface area (Å²) in [5.41, 5.74) is 2.38. The topological polar surface area (TPSA) is 45.7 Å². The van der Waals surface area contributed by atoms with Crippen LogP contribution in [0.2, 0.25) is 0 Å². The summed E-state index contributed by atoms with van der Waals surface area (Å²) in [4.78, 5) is 21.2. The molecule has 164 valence electrons. The maximum absolute atomic E-state index is 12.6. The van der Waals surface area contributed by atoms with E-state index >= 15 is 0 Å². The Labute approximate surface area is 192 Å². The number of rotatable bonds is 9. The zero-order valence-corrected chi connectivity index (χ0v) is 19.5. The van der Waals surface area contributed by atoms with E-state index < -0.39 is 0 Å². The molecule has 3 heterocycles. The molecule has 0 unspecified atom stereocenters. The molecule has 7 heteroatoms. The molecule has 0 N–H and O–H groups in total. The number of amides is 1. The van der Waals surface area contributed by atoms with Gasteiger partial charge >= 0.3 is 0 Å². The van der Waals surface area contributed by atoms with Gasteiger partial charge in [-0.15, -0.1) is 11.3 Å². The summed E-state index contributed by atoms with van der Waals surface area (Å²) in [5.74, 6) is 1.52. The smallest absolute Gasteiger partial charge is 0.227 e. The van der Waals surface area contributed by atoms with Crippen molar-refractivity contribution in [1.82, 2.24) is 14.8 Å². The molecule has 0 saturated carbocycles. The van der Waals surface area contributed by atoms with Gasteiger partial charge in [0.2, 0.25) is 5.91 Å². The van der Waals surface area contributed by atoms with Crippen molar-refractivity contribution in [3.63, 3.8) is 0 Å². The van der Waals surface area contributed by atoms with E-state index in [9.17, 15) is 4.79 Å². The summed E-state index contributed by atoms with van der Waals surface area (Å²) >= 11 is 3.33. The van der Waals surface area contributed by atoms with E-state index in [1.807, 2.05) is 27.9 Å². The number of ether oxygens (including phenoxy) is 1. The summed E-state index contributed by atoms with van der Waals surface area (Å²) in [6, 6.07) is 10.4. The molecule has 31 heavy (non-hydrogen) atoms. The van der Waals surface area contributed by atoms with Crippen molar-refractivity contribution in [3.05, 3.63) is 68.8 Å². The summed E-state index contributed by atoms with van der Waals surface area (Å²) < 4.78 is 6.07. The highest BCUT2D eigenvalue weighted by Crippen LogP contribution is 2.21. The normalized spacial score (nSPS) is 16.6. The van der Waals surface area contributed by atoms with Gasteiger partial charge in [-0.3, -0.25) is 9.69 Å². The number of benzene rings is 1. The maximum Gasteiger partial charge on any atom is 0.227 e. The molecule has 3 aromatic rings. The Morgan fingerprint density at radius 1 is 1.19 bits per heavy atom. The van der Waals surface area contributed by atoms with Gasteiger partial charge in [0.25, 0.3) is 0 Å². The van der Waals surface area contributed by atoms with Crippen LogP contribution >= 0.6 is 22.7 Å². The maximum atomic E-state index is 12.6. The summed E-state index contributed by atoms with van der Waals surface area (Å²) in [6.07, 6.45) is 4.52. The molecule has 1 aromatic carbocycles. The zero-order valence-electron chi connectivity index (χ0n) is 17.9. The van der Waals surface area contributed by atoms with Gasteiger partial charge in [-0.05, 0) is 60.0 Å². The lowest BCUT2D eigenvalue weighted by Gasteiger charge is -2.32. The minimum absolute atomic E-state index is 0.231. The average Bonchev–Trinajstić information content (AvgIpc) is 3.48. The second-order valence-corrected chi connectivity index (χ2v) is 9.97. The van der Waals surface area contributed by atoms with Crippen LogP contribution in [0.4, 0.5) is 0 Å². The minimum Gasteiger partial charge on any atom is -0.493 e. The van der Waals surface area contributed by atoms with Crippen LogP contribution in [-0.2, 0) is 24.3 Å². The third kappa shape index (κ3) is 6.63. The first kappa shape index (κ1) is 22.0. The van der Waals surface area contributed by atoms with Crippen LogP contribution in [0.25, 0.3) is 0 Å². The molecule has 0 spiro atoms. The molecule has 0 aliphatic carbocycles. The number of hydrogen-bond donors (Lipinski definition) is 0. The molecule has 0 bridgehead atoms. The molecule has 5 nitrogen and oxygen atoms in total. The van der Waals surface area contributed by atoms with E-state index in [2.05, 4.69) is 46.6 Å². The van der Waals surface area contributed by atoms with Crippen molar-refractivity contribution in [2.75, 3.05) is 26.7 Å². The highest BCUT2D eigenvalue weighted by atomic mass is 32.1. The van der Waals surface area contributed by atoms with E-state index in [0.29, 0.717) is 18.9 Å². The van der Waals surface area contributed by atoms with E-state index in [4.69, 9.17) is 4.74 Å². The number of thiophene rings is 1. The Morgan fingerprint density at radius 2 is 2.06 bits per heavy atom. The van der Waals surface area contributed by atoms with Crippen molar-refractivity contribution in [2.45, 2.75) is 32.4 Å². The number of aromatic nitrogens is 1. The molecule has 4 rings (SSSR count). The van der Waals surface area contributed by atoms with Crippen molar-refractivity contribution in [2.24, 2.45) is 5.92 Å². The molecule has 1 aliphatic rings. The third-order valence-corrected chi connectivity index (χ3v) is 7.05. The Kier molecular flexibility index (Phi) is 7.72. The molecular weight excluding hydrogens is 426 g/mol. The molecule has 1 saturated heterocycles. The van der Waals surface area contributed by atoms with Gasteiger partial charge in [0, 0.05) is 37.1 Å². The van der Waals surface area contributed by atoms with Gasteiger partial charge in [0.05, 0.1) is 19.6 Å². The molecule has 2 aromatic heterocycles. The summed E-state index contributed by atoms with van der Waals surface area (Å²) in [7, 11) is 2.11. The Balaban J connectivity index is 1.21. The second-order valence-electron chi connectivity index (χ2n) is 8.21. The van der Waals surface area contributed by atoms with E-state index in [1.54, 1.807) is 22.7 Å². The van der Waals surface area contributed by atoms with Crippen LogP contribution in [-0.4, -0.2) is 47.4 Å². The van der Waals surface area contributed by atoms with Gasteiger partial charge in [-0.1, -0.05) is 12.1 Å². The number of carbonyl (C=O) groups is 1. The number of carbonyl (C=O) groups excluding carboxylic acids is 1. The van der Waals surface area contributed by atoms with Crippen molar-refractivity contribution >= 4 is 28.6 Å². The van der Waals surface area contributed by atoms with Crippen LogP contribution in [0.5, 0.6) is 5.75 Å². The monoisotopic (exact) mass is 455 g/mol. The summed E-state index contributed by atoms with van der Waals surface area (Å²) in [5, 5.41) is 7.24. The van der Waals surface area contributed by atoms with Gasteiger partial charge < -0.3 is 9.64 Å². The largest absolute Gasteiger partial charge is 0.493 e. The highest BCUT2D eigenvalue weighted by Gasteiger charge is 2.24. The Bertz CT molecular complexity index is 926. The highest BCUT2D eigenvalue weighted by molar-refractivity contribution is 7.09. The fraction of sp³-hybridized carbons (Fsp3) is 0.417.